The lowest BCUT2D eigenvalue weighted by molar-refractivity contribution is -0.136. The van der Waals surface area contributed by atoms with Crippen LogP contribution in [0.25, 0.3) is 0 Å². The van der Waals surface area contributed by atoms with Crippen molar-refractivity contribution < 1.29 is 13.2 Å². The molecule has 0 aliphatic carbocycles. The number of hydrogen-bond acceptors (Lipinski definition) is 1. The van der Waals surface area contributed by atoms with Crippen molar-refractivity contribution in [2.24, 2.45) is 0 Å². The van der Waals surface area contributed by atoms with Crippen molar-refractivity contribution in [3.63, 3.8) is 0 Å². The van der Waals surface area contributed by atoms with Crippen molar-refractivity contribution >= 4 is 21.6 Å². The lowest BCUT2D eigenvalue weighted by Gasteiger charge is -2.14. The Morgan fingerprint density at radius 3 is 2.65 bits per heavy atom. The monoisotopic (exact) mass is 305 g/mol. The Balaban J connectivity index is 2.82. The number of halogens is 4. The second kappa shape index (κ2) is 5.97. The van der Waals surface area contributed by atoms with Crippen molar-refractivity contribution in [3.05, 3.63) is 28.2 Å². The Morgan fingerprint density at radius 2 is 2.06 bits per heavy atom. The van der Waals surface area contributed by atoms with Crippen LogP contribution in [0.3, 0.4) is 0 Å². The number of nitrogens with one attached hydrogen (secondary N) is 1. The molecule has 92 valence electrons. The molecule has 0 radical (unpaired) electrons. The van der Waals surface area contributed by atoms with E-state index < -0.39 is 11.7 Å². The molecule has 0 saturated carbocycles. The van der Waals surface area contributed by atoms with Crippen molar-refractivity contribution in [2.75, 3.05) is 11.9 Å². The molecule has 0 unspecified atom stereocenters. The number of terminal acetylenes is 1. The molecular weight excluding hydrogens is 295 g/mol. The zero-order valence-corrected chi connectivity index (χ0v) is 10.5. The fourth-order valence-electron chi connectivity index (χ4n) is 1.32. The Bertz CT molecular complexity index is 421. The van der Waals surface area contributed by atoms with E-state index in [1.54, 1.807) is 0 Å². The van der Waals surface area contributed by atoms with Gasteiger partial charge in [-0.05, 0) is 24.6 Å². The molecule has 5 heteroatoms. The standard InChI is InChI=1S/C12H11BrF3N/c1-2-3-4-7-17-11-8-9(13)5-6-10(11)12(14,15)16/h1,5-6,8,17H,3-4,7H2. The van der Waals surface area contributed by atoms with Crippen LogP contribution in [0.15, 0.2) is 22.7 Å². The van der Waals surface area contributed by atoms with E-state index in [9.17, 15) is 13.2 Å². The van der Waals surface area contributed by atoms with Crippen molar-refractivity contribution in [1.29, 1.82) is 0 Å². The van der Waals surface area contributed by atoms with Gasteiger partial charge in [-0.15, -0.1) is 12.3 Å². The Labute approximate surface area is 107 Å². The fourth-order valence-corrected chi connectivity index (χ4v) is 1.68. The van der Waals surface area contributed by atoms with Gasteiger partial charge in [0.25, 0.3) is 0 Å². The molecule has 0 saturated heterocycles. The smallest absolute Gasteiger partial charge is 0.384 e. The number of unbranched alkanes of at least 4 members (excludes halogenated alkanes) is 1. The van der Waals surface area contributed by atoms with Crippen molar-refractivity contribution in [3.8, 4) is 12.3 Å². The van der Waals surface area contributed by atoms with Gasteiger partial charge in [0.2, 0.25) is 0 Å². The van der Waals surface area contributed by atoms with E-state index in [0.717, 1.165) is 6.07 Å². The third-order valence-electron chi connectivity index (χ3n) is 2.10. The fraction of sp³-hybridized carbons (Fsp3) is 0.333. The molecule has 1 rings (SSSR count). The van der Waals surface area contributed by atoms with Crippen LogP contribution in [0.1, 0.15) is 18.4 Å². The highest BCUT2D eigenvalue weighted by molar-refractivity contribution is 9.10. The molecule has 1 aromatic carbocycles. The van der Waals surface area contributed by atoms with Gasteiger partial charge in [0, 0.05) is 23.1 Å². The number of alkyl halides is 3. The summed E-state index contributed by atoms with van der Waals surface area (Å²) in [6.07, 6.45) is 1.90. The minimum absolute atomic E-state index is 0.0731. The van der Waals surface area contributed by atoms with Gasteiger partial charge in [0.15, 0.2) is 0 Å². The summed E-state index contributed by atoms with van der Waals surface area (Å²) in [6, 6.07) is 3.84. The summed E-state index contributed by atoms with van der Waals surface area (Å²) in [5, 5.41) is 2.75. The van der Waals surface area contributed by atoms with Crippen LogP contribution in [0, 0.1) is 12.3 Å². The third-order valence-corrected chi connectivity index (χ3v) is 2.59. The molecule has 0 aliphatic heterocycles. The molecule has 0 heterocycles. The van der Waals surface area contributed by atoms with E-state index in [4.69, 9.17) is 6.42 Å². The number of rotatable bonds is 4. The topological polar surface area (TPSA) is 12.0 Å². The summed E-state index contributed by atoms with van der Waals surface area (Å²) in [7, 11) is 0. The van der Waals surface area contributed by atoms with Crippen LogP contribution in [-0.4, -0.2) is 6.54 Å². The van der Waals surface area contributed by atoms with Gasteiger partial charge in [-0.1, -0.05) is 15.9 Å². The second-order valence-electron chi connectivity index (χ2n) is 3.42. The molecule has 0 aliphatic rings. The largest absolute Gasteiger partial charge is 0.418 e. The molecule has 0 atom stereocenters. The summed E-state index contributed by atoms with van der Waals surface area (Å²) < 4.78 is 38.6. The van der Waals surface area contributed by atoms with E-state index >= 15 is 0 Å². The molecule has 0 amide bonds. The Kier molecular flexibility index (Phi) is 4.88. The highest BCUT2D eigenvalue weighted by atomic mass is 79.9. The molecule has 0 aromatic heterocycles. The molecule has 17 heavy (non-hydrogen) atoms. The maximum atomic E-state index is 12.7. The molecule has 1 nitrogen and oxygen atoms in total. The minimum atomic E-state index is -4.35. The molecular formula is C12H11BrF3N. The first kappa shape index (κ1) is 13.9. The lowest BCUT2D eigenvalue weighted by atomic mass is 10.1. The molecule has 0 bridgehead atoms. The number of hydrogen-bond donors (Lipinski definition) is 1. The van der Waals surface area contributed by atoms with Crippen LogP contribution in [-0.2, 0) is 6.18 Å². The Hall–Kier alpha value is -1.15. The lowest BCUT2D eigenvalue weighted by Crippen LogP contribution is -2.11. The maximum absolute atomic E-state index is 12.7. The predicted molar refractivity (Wildman–Crippen MR) is 65.7 cm³/mol. The van der Waals surface area contributed by atoms with E-state index in [1.165, 1.54) is 12.1 Å². The van der Waals surface area contributed by atoms with Gasteiger partial charge < -0.3 is 5.32 Å². The Morgan fingerprint density at radius 1 is 1.35 bits per heavy atom. The first-order valence-corrected chi connectivity index (χ1v) is 5.78. The van der Waals surface area contributed by atoms with Crippen LogP contribution in [0.4, 0.5) is 18.9 Å². The summed E-state index contributed by atoms with van der Waals surface area (Å²) in [5.41, 5.74) is -0.592. The predicted octanol–water partition coefficient (Wildman–Crippen LogP) is 4.29. The summed E-state index contributed by atoms with van der Waals surface area (Å²) in [6.45, 7) is 0.420. The quantitative estimate of drug-likeness (QED) is 0.646. The van der Waals surface area contributed by atoms with Gasteiger partial charge in [-0.2, -0.15) is 13.2 Å². The summed E-state index contributed by atoms with van der Waals surface area (Å²) >= 11 is 3.15. The van der Waals surface area contributed by atoms with Gasteiger partial charge in [0.05, 0.1) is 5.56 Å². The van der Waals surface area contributed by atoms with E-state index in [0.29, 0.717) is 23.9 Å². The van der Waals surface area contributed by atoms with Crippen LogP contribution in [0.5, 0.6) is 0 Å². The molecule has 1 N–H and O–H groups in total. The maximum Gasteiger partial charge on any atom is 0.418 e. The second-order valence-corrected chi connectivity index (χ2v) is 4.34. The first-order chi connectivity index (χ1) is 7.95. The normalized spacial score (nSPS) is 11.0. The van der Waals surface area contributed by atoms with Gasteiger partial charge >= 0.3 is 6.18 Å². The zero-order chi connectivity index (χ0) is 12.9. The van der Waals surface area contributed by atoms with Crippen LogP contribution >= 0.6 is 15.9 Å². The molecule has 0 fully saturated rings. The number of anilines is 1. The SMILES string of the molecule is C#CCCCNc1cc(Br)ccc1C(F)(F)F. The summed E-state index contributed by atoms with van der Waals surface area (Å²) in [5.74, 6) is 2.44. The van der Waals surface area contributed by atoms with Crippen LogP contribution in [0.2, 0.25) is 0 Å². The van der Waals surface area contributed by atoms with E-state index in [1.807, 2.05) is 0 Å². The highest BCUT2D eigenvalue weighted by Crippen LogP contribution is 2.36. The highest BCUT2D eigenvalue weighted by Gasteiger charge is 2.33. The molecule has 1 aromatic rings. The van der Waals surface area contributed by atoms with Crippen LogP contribution < -0.4 is 5.32 Å². The summed E-state index contributed by atoms with van der Waals surface area (Å²) in [4.78, 5) is 0. The van der Waals surface area contributed by atoms with E-state index in [2.05, 4.69) is 27.2 Å². The average molecular weight is 306 g/mol. The number of benzene rings is 1. The zero-order valence-electron chi connectivity index (χ0n) is 8.94. The van der Waals surface area contributed by atoms with Gasteiger partial charge in [-0.25, -0.2) is 0 Å². The average Bonchev–Trinajstić information content (AvgIpc) is 2.23. The van der Waals surface area contributed by atoms with Crippen molar-refractivity contribution in [2.45, 2.75) is 19.0 Å². The molecule has 0 spiro atoms. The van der Waals surface area contributed by atoms with Crippen molar-refractivity contribution in [1.82, 2.24) is 0 Å². The minimum Gasteiger partial charge on any atom is -0.384 e. The van der Waals surface area contributed by atoms with E-state index in [-0.39, 0.29) is 5.69 Å². The van der Waals surface area contributed by atoms with Gasteiger partial charge in [0.1, 0.15) is 0 Å². The first-order valence-electron chi connectivity index (χ1n) is 4.99. The third kappa shape index (κ3) is 4.31. The van der Waals surface area contributed by atoms with Gasteiger partial charge in [-0.3, -0.25) is 0 Å².